The van der Waals surface area contributed by atoms with E-state index in [1.807, 2.05) is 49.1 Å². The van der Waals surface area contributed by atoms with Crippen molar-refractivity contribution in [2.45, 2.75) is 57.5 Å². The Morgan fingerprint density at radius 1 is 1.24 bits per heavy atom. The third-order valence-corrected chi connectivity index (χ3v) is 5.29. The molecule has 1 amide bonds. The fraction of sp³-hybridized carbons (Fsp3) is 0.650. The summed E-state index contributed by atoms with van der Waals surface area (Å²) in [6, 6.07) is 10.1. The molecule has 4 atom stereocenters. The Hall–Kier alpha value is -1.43. The highest BCUT2D eigenvalue weighted by Gasteiger charge is 2.32. The van der Waals surface area contributed by atoms with E-state index >= 15 is 0 Å². The van der Waals surface area contributed by atoms with Crippen LogP contribution in [0.2, 0.25) is 0 Å². The normalized spacial score (nSPS) is 28.9. The van der Waals surface area contributed by atoms with Gasteiger partial charge in [-0.1, -0.05) is 30.3 Å². The number of rotatable bonds is 5. The van der Waals surface area contributed by atoms with Gasteiger partial charge in [-0.3, -0.25) is 9.69 Å². The van der Waals surface area contributed by atoms with E-state index in [-0.39, 0.29) is 24.2 Å². The van der Waals surface area contributed by atoms with E-state index in [9.17, 15) is 9.90 Å². The lowest BCUT2D eigenvalue weighted by Crippen LogP contribution is -2.51. The Morgan fingerprint density at radius 3 is 2.60 bits per heavy atom. The van der Waals surface area contributed by atoms with E-state index in [0.29, 0.717) is 26.1 Å². The van der Waals surface area contributed by atoms with Crippen LogP contribution in [0.1, 0.15) is 44.8 Å². The van der Waals surface area contributed by atoms with Gasteiger partial charge in [0.15, 0.2) is 0 Å². The molecule has 0 aliphatic carbocycles. The molecule has 0 saturated carbocycles. The molecule has 2 saturated heterocycles. The first-order chi connectivity index (χ1) is 12.0. The number of morpholine rings is 1. The van der Waals surface area contributed by atoms with Gasteiger partial charge < -0.3 is 14.7 Å². The molecule has 25 heavy (non-hydrogen) atoms. The number of amides is 1. The standard InChI is InChI=1S/C20H30N2O3/c1-15-12-22(13-16(2)25-15)20(24)14-21-10-6-9-18(21)11-19(23)17-7-4-3-5-8-17/h3-5,7-8,15-16,18-19,23H,6,9-14H2,1-2H3/t15-,16-,18-,19+/m1/s1. The van der Waals surface area contributed by atoms with Crippen LogP contribution in [0.5, 0.6) is 0 Å². The molecule has 0 aromatic heterocycles. The molecule has 0 bridgehead atoms. The lowest BCUT2D eigenvalue weighted by Gasteiger charge is -2.37. The van der Waals surface area contributed by atoms with Crippen LogP contribution in [-0.2, 0) is 9.53 Å². The zero-order valence-corrected chi connectivity index (χ0v) is 15.3. The maximum Gasteiger partial charge on any atom is 0.236 e. The van der Waals surface area contributed by atoms with Crippen LogP contribution >= 0.6 is 0 Å². The quantitative estimate of drug-likeness (QED) is 0.888. The molecule has 2 aliphatic heterocycles. The van der Waals surface area contributed by atoms with Crippen LogP contribution in [-0.4, -0.2) is 65.2 Å². The molecule has 0 radical (unpaired) electrons. The first-order valence-corrected chi connectivity index (χ1v) is 9.43. The van der Waals surface area contributed by atoms with Crippen LogP contribution in [0, 0.1) is 0 Å². The second kappa shape index (κ2) is 8.30. The summed E-state index contributed by atoms with van der Waals surface area (Å²) in [6.45, 7) is 6.78. The monoisotopic (exact) mass is 346 g/mol. The molecule has 0 unspecified atom stereocenters. The molecular formula is C20H30N2O3. The minimum atomic E-state index is -0.467. The molecule has 3 rings (SSSR count). The number of aliphatic hydroxyl groups excluding tert-OH is 1. The molecule has 1 aromatic rings. The lowest BCUT2D eigenvalue weighted by atomic mass is 10.0. The number of carbonyl (C=O) groups is 1. The minimum absolute atomic E-state index is 0.0991. The maximum absolute atomic E-state index is 12.7. The number of benzene rings is 1. The highest BCUT2D eigenvalue weighted by molar-refractivity contribution is 5.78. The molecule has 1 aromatic carbocycles. The van der Waals surface area contributed by atoms with Crippen LogP contribution in [0.15, 0.2) is 30.3 Å². The number of hydrogen-bond acceptors (Lipinski definition) is 4. The number of hydrogen-bond donors (Lipinski definition) is 1. The maximum atomic E-state index is 12.7. The van der Waals surface area contributed by atoms with Gasteiger partial charge in [0.25, 0.3) is 0 Å². The number of likely N-dealkylation sites (tertiary alicyclic amines) is 1. The van der Waals surface area contributed by atoms with Gasteiger partial charge in [0, 0.05) is 19.1 Å². The number of ether oxygens (including phenoxy) is 1. The number of aliphatic hydroxyl groups is 1. The molecule has 1 N–H and O–H groups in total. The topological polar surface area (TPSA) is 53.0 Å². The lowest BCUT2D eigenvalue weighted by molar-refractivity contribution is -0.144. The number of carbonyl (C=O) groups excluding carboxylic acids is 1. The SMILES string of the molecule is C[C@@H]1CN(C(=O)CN2CCC[C@@H]2C[C@H](O)c2ccccc2)C[C@@H](C)O1. The van der Waals surface area contributed by atoms with Crippen molar-refractivity contribution in [1.82, 2.24) is 9.80 Å². The highest BCUT2D eigenvalue weighted by atomic mass is 16.5. The van der Waals surface area contributed by atoms with Gasteiger partial charge in [-0.2, -0.15) is 0 Å². The average molecular weight is 346 g/mol. The summed E-state index contributed by atoms with van der Waals surface area (Å²) >= 11 is 0. The molecule has 5 heteroatoms. The van der Waals surface area contributed by atoms with Gasteiger partial charge in [-0.15, -0.1) is 0 Å². The second-order valence-electron chi connectivity index (χ2n) is 7.48. The van der Waals surface area contributed by atoms with Crippen LogP contribution in [0.25, 0.3) is 0 Å². The van der Waals surface area contributed by atoms with Crippen LogP contribution in [0.3, 0.4) is 0 Å². The summed E-state index contributed by atoms with van der Waals surface area (Å²) in [4.78, 5) is 16.9. The Labute approximate surface area is 150 Å². The van der Waals surface area contributed by atoms with Crippen molar-refractivity contribution in [2.24, 2.45) is 0 Å². The average Bonchev–Trinajstić information content (AvgIpc) is 3.01. The van der Waals surface area contributed by atoms with Crippen molar-refractivity contribution >= 4 is 5.91 Å². The third kappa shape index (κ3) is 4.81. The van der Waals surface area contributed by atoms with Gasteiger partial charge in [0.1, 0.15) is 0 Å². The summed E-state index contributed by atoms with van der Waals surface area (Å²) in [5.41, 5.74) is 0.955. The first-order valence-electron chi connectivity index (χ1n) is 9.43. The summed E-state index contributed by atoms with van der Waals surface area (Å²) in [7, 11) is 0. The third-order valence-electron chi connectivity index (χ3n) is 5.29. The van der Waals surface area contributed by atoms with E-state index < -0.39 is 6.10 Å². The van der Waals surface area contributed by atoms with Crippen molar-refractivity contribution in [3.63, 3.8) is 0 Å². The van der Waals surface area contributed by atoms with Crippen molar-refractivity contribution in [3.05, 3.63) is 35.9 Å². The highest BCUT2D eigenvalue weighted by Crippen LogP contribution is 2.27. The summed E-state index contributed by atoms with van der Waals surface area (Å²) in [6.07, 6.45) is 2.56. The molecule has 0 spiro atoms. The molecule has 5 nitrogen and oxygen atoms in total. The summed E-state index contributed by atoms with van der Waals surface area (Å²) in [5.74, 6) is 0.183. The van der Waals surface area contributed by atoms with E-state index in [0.717, 1.165) is 24.9 Å². The van der Waals surface area contributed by atoms with Gasteiger partial charge >= 0.3 is 0 Å². The first kappa shape index (κ1) is 18.4. The fourth-order valence-electron chi connectivity index (χ4n) is 4.09. The summed E-state index contributed by atoms with van der Waals surface area (Å²) < 4.78 is 5.72. The number of nitrogens with zero attached hydrogens (tertiary/aromatic N) is 2. The minimum Gasteiger partial charge on any atom is -0.388 e. The predicted molar refractivity (Wildman–Crippen MR) is 97.2 cm³/mol. The Bertz CT molecular complexity index is 555. The molecule has 2 aliphatic rings. The smallest absolute Gasteiger partial charge is 0.236 e. The van der Waals surface area contributed by atoms with Crippen molar-refractivity contribution in [2.75, 3.05) is 26.2 Å². The van der Waals surface area contributed by atoms with Crippen molar-refractivity contribution < 1.29 is 14.6 Å². The van der Waals surface area contributed by atoms with Crippen LogP contribution < -0.4 is 0 Å². The summed E-state index contributed by atoms with van der Waals surface area (Å²) in [5, 5.41) is 10.5. The molecule has 138 valence electrons. The molecular weight excluding hydrogens is 316 g/mol. The van der Waals surface area contributed by atoms with Crippen LogP contribution in [0.4, 0.5) is 0 Å². The zero-order chi connectivity index (χ0) is 17.8. The van der Waals surface area contributed by atoms with Gasteiger partial charge in [0.05, 0.1) is 24.9 Å². The van der Waals surface area contributed by atoms with Gasteiger partial charge in [-0.25, -0.2) is 0 Å². The van der Waals surface area contributed by atoms with Gasteiger partial charge in [-0.05, 0) is 45.2 Å². The Balaban J connectivity index is 1.55. The largest absolute Gasteiger partial charge is 0.388 e. The van der Waals surface area contributed by atoms with Gasteiger partial charge in [0.2, 0.25) is 5.91 Å². The van der Waals surface area contributed by atoms with E-state index in [1.54, 1.807) is 0 Å². The van der Waals surface area contributed by atoms with E-state index in [4.69, 9.17) is 4.74 Å². The fourth-order valence-corrected chi connectivity index (χ4v) is 4.09. The Kier molecular flexibility index (Phi) is 6.10. The zero-order valence-electron chi connectivity index (χ0n) is 15.3. The predicted octanol–water partition coefficient (Wildman–Crippen LogP) is 2.21. The molecule has 2 heterocycles. The second-order valence-corrected chi connectivity index (χ2v) is 7.48. The van der Waals surface area contributed by atoms with E-state index in [2.05, 4.69) is 4.90 Å². The van der Waals surface area contributed by atoms with Crippen molar-refractivity contribution in [1.29, 1.82) is 0 Å². The Morgan fingerprint density at radius 2 is 1.92 bits per heavy atom. The molecule has 2 fully saturated rings. The van der Waals surface area contributed by atoms with E-state index in [1.165, 1.54) is 0 Å². The van der Waals surface area contributed by atoms with Crippen molar-refractivity contribution in [3.8, 4) is 0 Å².